The Labute approximate surface area is 208 Å². The third-order valence-corrected chi connectivity index (χ3v) is 6.15. The highest BCUT2D eigenvalue weighted by Gasteiger charge is 1.98. The van der Waals surface area contributed by atoms with Crippen molar-refractivity contribution in [1.29, 1.82) is 0 Å². The van der Waals surface area contributed by atoms with Gasteiger partial charge in [-0.2, -0.15) is 4.99 Å². The number of hydrogen-bond donors (Lipinski definition) is 4. The third kappa shape index (κ3) is 17.4. The van der Waals surface area contributed by atoms with Gasteiger partial charge in [-0.1, -0.05) is 115 Å². The van der Waals surface area contributed by atoms with E-state index in [0.29, 0.717) is 13.0 Å². The largest absolute Gasteiger partial charge is 0.396 e. The molecule has 0 spiro atoms. The topological polar surface area (TPSA) is 109 Å². The summed E-state index contributed by atoms with van der Waals surface area (Å²) in [5, 5.41) is 12.0. The van der Waals surface area contributed by atoms with Crippen molar-refractivity contribution < 1.29 is 5.11 Å². The minimum Gasteiger partial charge on any atom is -0.396 e. The Kier molecular flexibility index (Phi) is 18.9. The Morgan fingerprint density at radius 1 is 0.735 bits per heavy atom. The Hall–Kier alpha value is -2.08. The zero-order valence-corrected chi connectivity index (χ0v) is 21.7. The number of nitrogens with one attached hydrogen (secondary N) is 1. The summed E-state index contributed by atoms with van der Waals surface area (Å²) in [6, 6.07) is 7.69. The third-order valence-electron chi connectivity index (χ3n) is 6.15. The van der Waals surface area contributed by atoms with E-state index in [1.807, 2.05) is 24.3 Å². The van der Waals surface area contributed by atoms with Gasteiger partial charge in [0, 0.05) is 18.8 Å². The summed E-state index contributed by atoms with van der Waals surface area (Å²) in [6.45, 7) is 3.11. The molecule has 0 radical (unpaired) electrons. The van der Waals surface area contributed by atoms with Crippen molar-refractivity contribution in [2.24, 2.45) is 21.5 Å². The molecule has 0 fully saturated rings. The number of aliphatic hydroxyl groups is 1. The summed E-state index contributed by atoms with van der Waals surface area (Å²) in [5.41, 5.74) is 13.7. The van der Waals surface area contributed by atoms with E-state index < -0.39 is 0 Å². The zero-order valence-electron chi connectivity index (χ0n) is 21.7. The fourth-order valence-corrected chi connectivity index (χ4v) is 4.07. The number of unbranched alkanes of at least 4 members (excludes halogenated alkanes) is 15. The minimum absolute atomic E-state index is 0.142. The highest BCUT2D eigenvalue weighted by molar-refractivity contribution is 6.00. The number of hydrogen-bond acceptors (Lipinski definition) is 2. The Morgan fingerprint density at radius 2 is 1.21 bits per heavy atom. The Balaban J connectivity index is 1.97. The Morgan fingerprint density at radius 3 is 1.68 bits per heavy atom. The molecule has 0 atom stereocenters. The first-order valence-corrected chi connectivity index (χ1v) is 13.8. The first-order valence-electron chi connectivity index (χ1n) is 13.8. The standard InChI is InChI=1S/C28H51N5O/c1-2-3-4-5-6-7-8-9-10-11-12-13-14-15-16-17-23-31-27(29)33-28(30)32-26-20-18-25(19-21-26)22-24-34/h18-21,34H,2-17,22-24H2,1H3,(H5,29,30,31,32,33). The molecule has 0 bridgehead atoms. The minimum atomic E-state index is 0.142. The number of aliphatic hydroxyl groups excluding tert-OH is 1. The molecule has 34 heavy (non-hydrogen) atoms. The van der Waals surface area contributed by atoms with Crippen LogP contribution >= 0.6 is 0 Å². The van der Waals surface area contributed by atoms with Crippen LogP contribution in [0.4, 0.5) is 5.69 Å². The van der Waals surface area contributed by atoms with E-state index >= 15 is 0 Å². The fraction of sp³-hybridized carbons (Fsp3) is 0.714. The van der Waals surface area contributed by atoms with Gasteiger partial charge in [-0.05, 0) is 30.5 Å². The maximum absolute atomic E-state index is 8.97. The zero-order chi connectivity index (χ0) is 24.7. The predicted molar refractivity (Wildman–Crippen MR) is 149 cm³/mol. The highest BCUT2D eigenvalue weighted by Crippen LogP contribution is 2.14. The summed E-state index contributed by atoms with van der Waals surface area (Å²) in [5.74, 6) is 0.436. The van der Waals surface area contributed by atoms with Crippen LogP contribution in [-0.2, 0) is 6.42 Å². The molecule has 0 heterocycles. The van der Waals surface area contributed by atoms with Crippen LogP contribution in [0.2, 0.25) is 0 Å². The van der Waals surface area contributed by atoms with Crippen molar-refractivity contribution in [2.45, 2.75) is 116 Å². The van der Waals surface area contributed by atoms with Crippen molar-refractivity contribution in [3.05, 3.63) is 29.8 Å². The van der Waals surface area contributed by atoms with Crippen molar-refractivity contribution in [3.8, 4) is 0 Å². The molecule has 6 nitrogen and oxygen atoms in total. The number of anilines is 1. The molecule has 194 valence electrons. The van der Waals surface area contributed by atoms with Crippen LogP contribution in [0, 0.1) is 0 Å². The summed E-state index contributed by atoms with van der Waals surface area (Å²) < 4.78 is 0. The van der Waals surface area contributed by atoms with Gasteiger partial charge in [-0.25, -0.2) is 0 Å². The lowest BCUT2D eigenvalue weighted by atomic mass is 10.0. The van der Waals surface area contributed by atoms with Gasteiger partial charge in [0.05, 0.1) is 0 Å². The lowest BCUT2D eigenvalue weighted by molar-refractivity contribution is 0.299. The SMILES string of the molecule is CCCCCCCCCCCCCCCCCCN=C(N)N=C(N)Nc1ccc(CCO)cc1. The molecule has 0 amide bonds. The molecular formula is C28H51N5O. The van der Waals surface area contributed by atoms with Crippen LogP contribution in [0.5, 0.6) is 0 Å². The van der Waals surface area contributed by atoms with Crippen LogP contribution in [0.3, 0.4) is 0 Å². The first-order chi connectivity index (χ1) is 16.7. The molecule has 0 aliphatic carbocycles. The highest BCUT2D eigenvalue weighted by atomic mass is 16.2. The smallest absolute Gasteiger partial charge is 0.218 e. The second kappa shape index (κ2) is 21.5. The molecule has 0 aromatic heterocycles. The van der Waals surface area contributed by atoms with E-state index in [1.165, 1.54) is 96.3 Å². The van der Waals surface area contributed by atoms with Gasteiger partial charge in [0.15, 0.2) is 0 Å². The van der Waals surface area contributed by atoms with E-state index in [0.717, 1.165) is 17.7 Å². The van der Waals surface area contributed by atoms with Gasteiger partial charge < -0.3 is 21.9 Å². The van der Waals surface area contributed by atoms with Crippen molar-refractivity contribution in [3.63, 3.8) is 0 Å². The molecule has 0 aliphatic heterocycles. The molecule has 1 aromatic rings. The Bertz CT molecular complexity index is 657. The molecule has 0 unspecified atom stereocenters. The van der Waals surface area contributed by atoms with Gasteiger partial charge in [-0.3, -0.25) is 4.99 Å². The molecule has 0 saturated carbocycles. The van der Waals surface area contributed by atoms with Crippen LogP contribution in [0.15, 0.2) is 34.3 Å². The molecule has 6 heteroatoms. The van der Waals surface area contributed by atoms with Gasteiger partial charge in [0.1, 0.15) is 0 Å². The van der Waals surface area contributed by atoms with Gasteiger partial charge in [-0.15, -0.1) is 0 Å². The van der Waals surface area contributed by atoms with Crippen LogP contribution in [0.1, 0.15) is 115 Å². The molecular weight excluding hydrogens is 422 g/mol. The van der Waals surface area contributed by atoms with E-state index in [4.69, 9.17) is 16.6 Å². The number of aliphatic imine (C=N–C) groups is 2. The lowest BCUT2D eigenvalue weighted by Gasteiger charge is -2.06. The second-order valence-corrected chi connectivity index (χ2v) is 9.34. The number of guanidine groups is 2. The van der Waals surface area contributed by atoms with Crippen molar-refractivity contribution in [1.82, 2.24) is 0 Å². The monoisotopic (exact) mass is 473 g/mol. The molecule has 6 N–H and O–H groups in total. The first kappa shape index (κ1) is 30.0. The molecule has 0 aliphatic rings. The average Bonchev–Trinajstić information content (AvgIpc) is 2.82. The fourth-order valence-electron chi connectivity index (χ4n) is 4.07. The maximum Gasteiger partial charge on any atom is 0.218 e. The summed E-state index contributed by atoms with van der Waals surface area (Å²) >= 11 is 0. The number of nitrogens with two attached hydrogens (primary N) is 2. The van der Waals surface area contributed by atoms with E-state index in [2.05, 4.69) is 22.2 Å². The van der Waals surface area contributed by atoms with Crippen molar-refractivity contribution >= 4 is 17.6 Å². The van der Waals surface area contributed by atoms with Crippen molar-refractivity contribution in [2.75, 3.05) is 18.5 Å². The molecule has 1 aromatic carbocycles. The number of rotatable bonds is 20. The van der Waals surface area contributed by atoms with Gasteiger partial charge in [0.2, 0.25) is 11.9 Å². The summed E-state index contributed by atoms with van der Waals surface area (Å²) in [4.78, 5) is 8.42. The quantitative estimate of drug-likeness (QED) is 0.0981. The van der Waals surface area contributed by atoms with E-state index in [-0.39, 0.29) is 18.5 Å². The normalized spacial score (nSPS) is 12.3. The average molecular weight is 474 g/mol. The predicted octanol–water partition coefficient (Wildman–Crippen LogP) is 6.52. The summed E-state index contributed by atoms with van der Waals surface area (Å²) in [6.07, 6.45) is 22.4. The van der Waals surface area contributed by atoms with Gasteiger partial charge in [0.25, 0.3) is 0 Å². The van der Waals surface area contributed by atoms with Crippen LogP contribution in [0.25, 0.3) is 0 Å². The van der Waals surface area contributed by atoms with E-state index in [1.54, 1.807) is 0 Å². The van der Waals surface area contributed by atoms with Crippen LogP contribution in [-0.4, -0.2) is 30.2 Å². The summed E-state index contributed by atoms with van der Waals surface area (Å²) in [7, 11) is 0. The maximum atomic E-state index is 8.97. The number of nitrogens with zero attached hydrogens (tertiary/aromatic N) is 2. The van der Waals surface area contributed by atoms with Gasteiger partial charge >= 0.3 is 0 Å². The second-order valence-electron chi connectivity index (χ2n) is 9.34. The van der Waals surface area contributed by atoms with E-state index in [9.17, 15) is 0 Å². The molecule has 0 saturated heterocycles. The molecule has 1 rings (SSSR count). The number of benzene rings is 1. The van der Waals surface area contributed by atoms with Crippen LogP contribution < -0.4 is 16.8 Å². The lowest BCUT2D eigenvalue weighted by Crippen LogP contribution is -2.26.